The quantitative estimate of drug-likeness (QED) is 0.787. The molecule has 0 N–H and O–H groups in total. The van der Waals surface area contributed by atoms with Gasteiger partial charge >= 0.3 is 6.18 Å². The molecule has 3 nitrogen and oxygen atoms in total. The number of ether oxygens (including phenoxy) is 2. The molecule has 0 radical (unpaired) electrons. The van der Waals surface area contributed by atoms with Crippen molar-refractivity contribution in [1.82, 2.24) is 4.98 Å². The van der Waals surface area contributed by atoms with Crippen LogP contribution < -0.4 is 0 Å². The highest BCUT2D eigenvalue weighted by atomic mass is 19.4. The maximum Gasteiger partial charge on any atom is 0.419 e. The van der Waals surface area contributed by atoms with E-state index in [0.29, 0.717) is 29.9 Å². The van der Waals surface area contributed by atoms with Crippen LogP contribution in [0.3, 0.4) is 0 Å². The minimum absolute atomic E-state index is 0.304. The third-order valence-corrected chi connectivity index (χ3v) is 3.26. The van der Waals surface area contributed by atoms with Crippen molar-refractivity contribution in [3.63, 3.8) is 0 Å². The van der Waals surface area contributed by atoms with Crippen molar-refractivity contribution < 1.29 is 27.0 Å². The van der Waals surface area contributed by atoms with Crippen LogP contribution in [0.25, 0.3) is 11.1 Å². The van der Waals surface area contributed by atoms with Gasteiger partial charge in [0.05, 0.1) is 18.8 Å². The maximum atomic E-state index is 13.6. The van der Waals surface area contributed by atoms with Gasteiger partial charge in [-0.15, -0.1) is 0 Å². The van der Waals surface area contributed by atoms with E-state index in [9.17, 15) is 17.6 Å². The molecule has 1 fully saturated rings. The van der Waals surface area contributed by atoms with E-state index in [1.54, 1.807) is 12.3 Å². The number of nitrogens with zero attached hydrogens (tertiary/aromatic N) is 1. The zero-order chi connectivity index (χ0) is 15.7. The minimum atomic E-state index is -4.71. The lowest BCUT2D eigenvalue weighted by molar-refractivity contribution is -0.139. The molecule has 7 heteroatoms. The molecular weight excluding hydrogens is 302 g/mol. The van der Waals surface area contributed by atoms with Gasteiger partial charge in [0.1, 0.15) is 5.82 Å². The Morgan fingerprint density at radius 1 is 1.00 bits per heavy atom. The first-order chi connectivity index (χ1) is 10.4. The van der Waals surface area contributed by atoms with Crippen LogP contribution >= 0.6 is 0 Å². The van der Waals surface area contributed by atoms with Gasteiger partial charge in [0.15, 0.2) is 6.29 Å². The molecule has 2 heterocycles. The van der Waals surface area contributed by atoms with Gasteiger partial charge in [-0.05, 0) is 23.8 Å². The Bertz CT molecular complexity index is 681. The van der Waals surface area contributed by atoms with Crippen LogP contribution in [0, 0.1) is 5.82 Å². The number of rotatable bonds is 2. The molecule has 0 unspecified atom stereocenters. The lowest BCUT2D eigenvalue weighted by Gasteiger charge is -2.12. The zero-order valence-electron chi connectivity index (χ0n) is 11.2. The topological polar surface area (TPSA) is 31.4 Å². The van der Waals surface area contributed by atoms with Crippen LogP contribution in [0.2, 0.25) is 0 Å². The first-order valence-electron chi connectivity index (χ1n) is 6.50. The number of aromatic nitrogens is 1. The van der Waals surface area contributed by atoms with Gasteiger partial charge in [-0.2, -0.15) is 13.2 Å². The predicted molar refractivity (Wildman–Crippen MR) is 69.3 cm³/mol. The summed E-state index contributed by atoms with van der Waals surface area (Å²) in [5, 5.41) is 0. The van der Waals surface area contributed by atoms with Crippen molar-refractivity contribution in [2.24, 2.45) is 0 Å². The lowest BCUT2D eigenvalue weighted by atomic mass is 10.0. The van der Waals surface area contributed by atoms with E-state index < -0.39 is 23.8 Å². The number of halogens is 4. The van der Waals surface area contributed by atoms with Gasteiger partial charge in [-0.1, -0.05) is 6.07 Å². The SMILES string of the molecule is Fc1cc(-c2cncc(C3OCCO3)c2)ccc1C(F)(F)F. The Labute approximate surface area is 123 Å². The summed E-state index contributed by atoms with van der Waals surface area (Å²) in [5.74, 6) is -1.32. The smallest absolute Gasteiger partial charge is 0.346 e. The van der Waals surface area contributed by atoms with E-state index in [1.165, 1.54) is 12.3 Å². The molecule has 0 saturated carbocycles. The highest BCUT2D eigenvalue weighted by Gasteiger charge is 2.34. The zero-order valence-corrected chi connectivity index (χ0v) is 11.2. The molecule has 0 spiro atoms. The molecule has 0 amide bonds. The number of hydrogen-bond acceptors (Lipinski definition) is 3. The van der Waals surface area contributed by atoms with E-state index >= 15 is 0 Å². The lowest BCUT2D eigenvalue weighted by Crippen LogP contribution is -2.07. The summed E-state index contributed by atoms with van der Waals surface area (Å²) >= 11 is 0. The Morgan fingerprint density at radius 3 is 2.36 bits per heavy atom. The van der Waals surface area contributed by atoms with Crippen molar-refractivity contribution >= 4 is 0 Å². The number of hydrogen-bond donors (Lipinski definition) is 0. The monoisotopic (exact) mass is 313 g/mol. The predicted octanol–water partition coefficient (Wildman–Crippen LogP) is 3.95. The van der Waals surface area contributed by atoms with Crippen LogP contribution in [0.1, 0.15) is 17.4 Å². The van der Waals surface area contributed by atoms with Gasteiger partial charge in [0, 0.05) is 23.5 Å². The number of pyridine rings is 1. The Morgan fingerprint density at radius 2 is 1.73 bits per heavy atom. The van der Waals surface area contributed by atoms with Crippen molar-refractivity contribution in [2.75, 3.05) is 13.2 Å². The molecule has 1 aromatic heterocycles. The van der Waals surface area contributed by atoms with E-state index in [4.69, 9.17) is 9.47 Å². The summed E-state index contributed by atoms with van der Waals surface area (Å²) in [6.45, 7) is 0.924. The molecule has 1 saturated heterocycles. The third kappa shape index (κ3) is 2.95. The average Bonchev–Trinajstić information content (AvgIpc) is 3.00. The van der Waals surface area contributed by atoms with E-state index in [1.807, 2.05) is 0 Å². The summed E-state index contributed by atoms with van der Waals surface area (Å²) in [6.07, 6.45) is -2.28. The second-order valence-electron chi connectivity index (χ2n) is 4.77. The minimum Gasteiger partial charge on any atom is -0.346 e. The number of alkyl halides is 3. The van der Waals surface area contributed by atoms with E-state index in [0.717, 1.165) is 12.1 Å². The summed E-state index contributed by atoms with van der Waals surface area (Å²) in [7, 11) is 0. The molecule has 2 aromatic rings. The molecule has 22 heavy (non-hydrogen) atoms. The third-order valence-electron chi connectivity index (χ3n) is 3.26. The highest BCUT2D eigenvalue weighted by molar-refractivity contribution is 5.63. The Balaban J connectivity index is 1.94. The Kier molecular flexibility index (Phi) is 3.84. The molecule has 1 aromatic carbocycles. The van der Waals surface area contributed by atoms with Crippen LogP contribution in [0.15, 0.2) is 36.7 Å². The maximum absolute atomic E-state index is 13.6. The van der Waals surface area contributed by atoms with Crippen molar-refractivity contribution in [3.8, 4) is 11.1 Å². The molecular formula is C15H11F4NO2. The molecule has 3 rings (SSSR count). The summed E-state index contributed by atoms with van der Waals surface area (Å²) in [5.41, 5.74) is 0.139. The first kappa shape index (κ1) is 14.9. The van der Waals surface area contributed by atoms with Crippen molar-refractivity contribution in [2.45, 2.75) is 12.5 Å². The van der Waals surface area contributed by atoms with Gasteiger partial charge in [0.25, 0.3) is 0 Å². The summed E-state index contributed by atoms with van der Waals surface area (Å²) < 4.78 is 62.0. The second kappa shape index (κ2) is 5.66. The van der Waals surface area contributed by atoms with Crippen LogP contribution in [-0.2, 0) is 15.7 Å². The fourth-order valence-corrected chi connectivity index (χ4v) is 2.22. The molecule has 0 bridgehead atoms. The van der Waals surface area contributed by atoms with Gasteiger partial charge < -0.3 is 9.47 Å². The molecule has 1 aliphatic heterocycles. The molecule has 0 atom stereocenters. The largest absolute Gasteiger partial charge is 0.419 e. The average molecular weight is 313 g/mol. The van der Waals surface area contributed by atoms with Crippen LogP contribution in [0.5, 0.6) is 0 Å². The summed E-state index contributed by atoms with van der Waals surface area (Å²) in [4.78, 5) is 4.00. The standard InChI is InChI=1S/C15H11F4NO2/c16-13-6-9(1-2-12(13)15(17,18)19)10-5-11(8-20-7-10)14-21-3-4-22-14/h1-2,5-8,14H,3-4H2. The summed E-state index contributed by atoms with van der Waals surface area (Å²) in [6, 6.07) is 4.44. The fourth-order valence-electron chi connectivity index (χ4n) is 2.22. The molecule has 0 aliphatic carbocycles. The molecule has 1 aliphatic rings. The van der Waals surface area contributed by atoms with Gasteiger partial charge in [0.2, 0.25) is 0 Å². The van der Waals surface area contributed by atoms with E-state index in [2.05, 4.69) is 4.98 Å². The normalized spacial score (nSPS) is 16.2. The van der Waals surface area contributed by atoms with Gasteiger partial charge in [-0.25, -0.2) is 4.39 Å². The fraction of sp³-hybridized carbons (Fsp3) is 0.267. The Hall–Kier alpha value is -1.99. The second-order valence-corrected chi connectivity index (χ2v) is 4.77. The highest BCUT2D eigenvalue weighted by Crippen LogP contribution is 2.34. The first-order valence-corrected chi connectivity index (χ1v) is 6.50. The van der Waals surface area contributed by atoms with Crippen molar-refractivity contribution in [1.29, 1.82) is 0 Å². The van der Waals surface area contributed by atoms with E-state index in [-0.39, 0.29) is 0 Å². The van der Waals surface area contributed by atoms with Crippen molar-refractivity contribution in [3.05, 3.63) is 53.6 Å². The number of benzene rings is 1. The van der Waals surface area contributed by atoms with Crippen LogP contribution in [0.4, 0.5) is 17.6 Å². The van der Waals surface area contributed by atoms with Crippen LogP contribution in [-0.4, -0.2) is 18.2 Å². The molecule has 116 valence electrons. The van der Waals surface area contributed by atoms with Gasteiger partial charge in [-0.3, -0.25) is 4.98 Å².